The molecule has 0 saturated carbocycles. The summed E-state index contributed by atoms with van der Waals surface area (Å²) >= 11 is 0. The van der Waals surface area contributed by atoms with Gasteiger partial charge >= 0.3 is 5.69 Å². The summed E-state index contributed by atoms with van der Waals surface area (Å²) in [6.07, 6.45) is 3.28. The Kier molecular flexibility index (Phi) is 3.06. The molecule has 0 unspecified atom stereocenters. The second-order valence-electron chi connectivity index (χ2n) is 3.28. The van der Waals surface area contributed by atoms with Crippen LogP contribution in [0.25, 0.3) is 6.08 Å². The molecule has 1 rings (SSSR count). The van der Waals surface area contributed by atoms with Crippen LogP contribution >= 0.6 is 0 Å². The van der Waals surface area contributed by atoms with Crippen LogP contribution in [-0.4, -0.2) is 22.8 Å². The van der Waals surface area contributed by atoms with Crippen LogP contribution in [0, 0.1) is 0 Å². The zero-order valence-corrected chi connectivity index (χ0v) is 8.74. The van der Waals surface area contributed by atoms with Crippen LogP contribution in [0.2, 0.25) is 0 Å². The van der Waals surface area contributed by atoms with Gasteiger partial charge in [-0.1, -0.05) is 6.58 Å². The number of H-pyrrole nitrogens is 1. The molecule has 0 bridgehead atoms. The number of aromatic amines is 1. The molecule has 0 aromatic carbocycles. The predicted octanol–water partition coefficient (Wildman–Crippen LogP) is 1.45. The molecule has 0 aliphatic heterocycles. The van der Waals surface area contributed by atoms with Crippen molar-refractivity contribution in [3.63, 3.8) is 0 Å². The average molecular weight is 193 g/mol. The van der Waals surface area contributed by atoms with E-state index < -0.39 is 0 Å². The first-order valence-electron chi connectivity index (χ1n) is 4.51. The van der Waals surface area contributed by atoms with Gasteiger partial charge in [-0.05, 0) is 19.9 Å². The molecular formula is C10H15N3O. The van der Waals surface area contributed by atoms with Gasteiger partial charge in [0.05, 0.1) is 11.4 Å². The van der Waals surface area contributed by atoms with E-state index in [0.717, 1.165) is 5.69 Å². The molecule has 76 valence electrons. The van der Waals surface area contributed by atoms with Crippen molar-refractivity contribution in [1.29, 1.82) is 0 Å². The van der Waals surface area contributed by atoms with Gasteiger partial charge in [-0.25, -0.2) is 4.79 Å². The molecule has 14 heavy (non-hydrogen) atoms. The van der Waals surface area contributed by atoms with Crippen LogP contribution in [0.15, 0.2) is 16.4 Å². The number of hydrogen-bond acceptors (Lipinski definition) is 2. The highest BCUT2D eigenvalue weighted by atomic mass is 16.1. The van der Waals surface area contributed by atoms with Crippen LogP contribution in [0.4, 0.5) is 0 Å². The zero-order valence-electron chi connectivity index (χ0n) is 8.74. The van der Waals surface area contributed by atoms with Crippen molar-refractivity contribution in [2.45, 2.75) is 19.9 Å². The minimum Gasteiger partial charge on any atom is -0.305 e. The van der Waals surface area contributed by atoms with E-state index in [2.05, 4.69) is 16.6 Å². The van der Waals surface area contributed by atoms with E-state index in [0.29, 0.717) is 5.69 Å². The van der Waals surface area contributed by atoms with Crippen molar-refractivity contribution in [3.8, 4) is 0 Å². The van der Waals surface area contributed by atoms with Gasteiger partial charge in [-0.2, -0.15) is 0 Å². The largest absolute Gasteiger partial charge is 0.326 e. The van der Waals surface area contributed by atoms with Gasteiger partial charge in [0.15, 0.2) is 0 Å². The Bertz CT molecular complexity index is 409. The van der Waals surface area contributed by atoms with Crippen LogP contribution in [0.1, 0.15) is 31.3 Å². The Morgan fingerprint density at radius 1 is 1.57 bits per heavy atom. The summed E-state index contributed by atoms with van der Waals surface area (Å²) < 4.78 is 1.66. The van der Waals surface area contributed by atoms with E-state index >= 15 is 0 Å². The molecule has 0 amide bonds. The van der Waals surface area contributed by atoms with Crippen molar-refractivity contribution < 1.29 is 0 Å². The molecule has 4 nitrogen and oxygen atoms in total. The monoisotopic (exact) mass is 193 g/mol. The summed E-state index contributed by atoms with van der Waals surface area (Å²) in [5.41, 5.74) is 1.38. The molecule has 0 aliphatic carbocycles. The van der Waals surface area contributed by atoms with Gasteiger partial charge < -0.3 is 4.98 Å². The third-order valence-electron chi connectivity index (χ3n) is 1.97. The summed E-state index contributed by atoms with van der Waals surface area (Å²) in [6.45, 7) is 7.55. The number of nitrogens with zero attached hydrogens (tertiary/aromatic N) is 2. The van der Waals surface area contributed by atoms with E-state index in [4.69, 9.17) is 0 Å². The lowest BCUT2D eigenvalue weighted by Gasteiger charge is -2.07. The lowest BCUT2D eigenvalue weighted by Crippen LogP contribution is -2.20. The van der Waals surface area contributed by atoms with Gasteiger partial charge in [0.2, 0.25) is 0 Å². The molecule has 1 aromatic rings. The highest BCUT2D eigenvalue weighted by Gasteiger charge is 2.11. The van der Waals surface area contributed by atoms with E-state index in [9.17, 15) is 4.79 Å². The first-order valence-corrected chi connectivity index (χ1v) is 4.51. The second-order valence-corrected chi connectivity index (χ2v) is 3.28. The van der Waals surface area contributed by atoms with Gasteiger partial charge in [-0.3, -0.25) is 9.56 Å². The number of rotatable bonds is 3. The third kappa shape index (κ3) is 1.69. The fraction of sp³-hybridized carbons (Fsp3) is 0.400. The maximum atomic E-state index is 11.5. The van der Waals surface area contributed by atoms with E-state index in [1.165, 1.54) is 0 Å². The van der Waals surface area contributed by atoms with Gasteiger partial charge in [0.1, 0.15) is 0 Å². The molecule has 1 N–H and O–H groups in total. The molecule has 0 aliphatic rings. The summed E-state index contributed by atoms with van der Waals surface area (Å²) in [4.78, 5) is 18.2. The summed E-state index contributed by atoms with van der Waals surface area (Å²) in [5.74, 6) is 0. The van der Waals surface area contributed by atoms with Crippen molar-refractivity contribution in [2.75, 3.05) is 7.05 Å². The van der Waals surface area contributed by atoms with Gasteiger partial charge in [-0.15, -0.1) is 0 Å². The Morgan fingerprint density at radius 2 is 2.21 bits per heavy atom. The second kappa shape index (κ2) is 4.09. The molecule has 0 saturated heterocycles. The Balaban J connectivity index is 3.46. The molecular weight excluding hydrogens is 178 g/mol. The SMILES string of the molecule is C=Cc1[nH]c(=O)n(C(C)C)c1C=NC. The molecule has 4 heteroatoms. The Hall–Kier alpha value is -1.58. The van der Waals surface area contributed by atoms with Gasteiger partial charge in [0, 0.05) is 19.3 Å². The maximum Gasteiger partial charge on any atom is 0.326 e. The fourth-order valence-electron chi connectivity index (χ4n) is 1.40. The molecule has 0 fully saturated rings. The van der Waals surface area contributed by atoms with Crippen molar-refractivity contribution >= 4 is 12.3 Å². The zero-order chi connectivity index (χ0) is 10.7. The predicted molar refractivity (Wildman–Crippen MR) is 59.0 cm³/mol. The molecule has 1 heterocycles. The number of imidazole rings is 1. The highest BCUT2D eigenvalue weighted by molar-refractivity contribution is 5.82. The van der Waals surface area contributed by atoms with Crippen LogP contribution < -0.4 is 5.69 Å². The minimum atomic E-state index is -0.121. The smallest absolute Gasteiger partial charge is 0.305 e. The molecule has 1 aromatic heterocycles. The van der Waals surface area contributed by atoms with Crippen molar-refractivity contribution in [2.24, 2.45) is 4.99 Å². The lowest BCUT2D eigenvalue weighted by atomic mass is 10.3. The van der Waals surface area contributed by atoms with Gasteiger partial charge in [0.25, 0.3) is 0 Å². The molecule has 0 atom stereocenters. The van der Waals surface area contributed by atoms with Crippen molar-refractivity contribution in [1.82, 2.24) is 9.55 Å². The summed E-state index contributed by atoms with van der Waals surface area (Å²) in [6, 6.07) is 0.112. The normalized spacial score (nSPS) is 11.4. The topological polar surface area (TPSA) is 50.1 Å². The highest BCUT2D eigenvalue weighted by Crippen LogP contribution is 2.09. The molecule has 0 spiro atoms. The van der Waals surface area contributed by atoms with E-state index in [1.54, 1.807) is 23.9 Å². The minimum absolute atomic E-state index is 0.112. The maximum absolute atomic E-state index is 11.5. The van der Waals surface area contributed by atoms with E-state index in [-0.39, 0.29) is 11.7 Å². The van der Waals surface area contributed by atoms with E-state index in [1.807, 2.05) is 13.8 Å². The Labute approximate surface area is 83.0 Å². The van der Waals surface area contributed by atoms with Crippen LogP contribution in [0.3, 0.4) is 0 Å². The summed E-state index contributed by atoms with van der Waals surface area (Å²) in [5, 5.41) is 0. The first-order chi connectivity index (χ1) is 6.61. The average Bonchev–Trinajstić information content (AvgIpc) is 2.43. The number of nitrogens with one attached hydrogen (secondary N) is 1. The van der Waals surface area contributed by atoms with Crippen molar-refractivity contribution in [3.05, 3.63) is 28.5 Å². The Morgan fingerprint density at radius 3 is 2.64 bits per heavy atom. The van der Waals surface area contributed by atoms with Crippen LogP contribution in [0.5, 0.6) is 0 Å². The number of aromatic nitrogens is 2. The first kappa shape index (κ1) is 10.5. The molecule has 0 radical (unpaired) electrons. The number of aliphatic imine (C=N–C) groups is 1. The lowest BCUT2D eigenvalue weighted by molar-refractivity contribution is 0.577. The quantitative estimate of drug-likeness (QED) is 0.726. The number of hydrogen-bond donors (Lipinski definition) is 1. The standard InChI is InChI=1S/C10H15N3O/c1-5-8-9(6-11-4)13(7(2)3)10(14)12-8/h5-7H,1H2,2-4H3,(H,12,14). The fourth-order valence-corrected chi connectivity index (χ4v) is 1.40. The summed E-state index contributed by atoms with van der Waals surface area (Å²) in [7, 11) is 1.68. The third-order valence-corrected chi connectivity index (χ3v) is 1.97. The van der Waals surface area contributed by atoms with Crippen LogP contribution in [-0.2, 0) is 0 Å².